The number of carbonyl (C=O) groups excluding carboxylic acids is 1. The highest BCUT2D eigenvalue weighted by Gasteiger charge is 2.49. The summed E-state index contributed by atoms with van der Waals surface area (Å²) in [7, 11) is 0. The van der Waals surface area contributed by atoms with Gasteiger partial charge in [-0.05, 0) is 43.0 Å². The fourth-order valence-corrected chi connectivity index (χ4v) is 4.44. The van der Waals surface area contributed by atoms with Crippen molar-refractivity contribution < 1.29 is 14.5 Å². The van der Waals surface area contributed by atoms with E-state index < -0.39 is 4.92 Å². The smallest absolute Gasteiger partial charge is 0.272 e. The van der Waals surface area contributed by atoms with Crippen LogP contribution in [0.25, 0.3) is 0 Å². The lowest BCUT2D eigenvalue weighted by atomic mass is 9.61. The number of ether oxygens (including phenoxy) is 1. The molecule has 4 rings (SSSR count). The Kier molecular flexibility index (Phi) is 4.20. The molecule has 0 unspecified atom stereocenters. The van der Waals surface area contributed by atoms with Crippen molar-refractivity contribution in [3.63, 3.8) is 0 Å². The minimum atomic E-state index is -0.569. The van der Waals surface area contributed by atoms with E-state index in [9.17, 15) is 14.9 Å². The average Bonchev–Trinajstić information content (AvgIpc) is 2.95. The van der Waals surface area contributed by atoms with Gasteiger partial charge in [0.1, 0.15) is 5.75 Å². The van der Waals surface area contributed by atoms with Gasteiger partial charge in [0.15, 0.2) is 12.0 Å². The zero-order valence-electron chi connectivity index (χ0n) is 14.3. The van der Waals surface area contributed by atoms with E-state index >= 15 is 0 Å². The highest BCUT2D eigenvalue weighted by Crippen LogP contribution is 2.55. The fourth-order valence-electron chi connectivity index (χ4n) is 3.89. The van der Waals surface area contributed by atoms with Crippen molar-refractivity contribution in [2.75, 3.05) is 0 Å². The van der Waals surface area contributed by atoms with Crippen LogP contribution in [0.3, 0.4) is 0 Å². The molecule has 0 amide bonds. The predicted octanol–water partition coefficient (Wildman–Crippen LogP) is 5.71. The second-order valence-electron chi connectivity index (χ2n) is 6.73. The van der Waals surface area contributed by atoms with E-state index in [4.69, 9.17) is 27.9 Å². The number of fused-ring (bicyclic) bond motifs is 2. The van der Waals surface area contributed by atoms with Gasteiger partial charge in [-0.2, -0.15) is 0 Å². The number of non-ortho nitro benzene ring substituents is 1. The number of carbonyl (C=O) groups is 1. The van der Waals surface area contributed by atoms with Gasteiger partial charge in [0.05, 0.1) is 26.4 Å². The SMILES string of the molecule is Cc1c(Oc2c(Cl)cc([N+](=O)[O-])cc2Cl)ccc2c1C1(CCC1)C(C=O)=N2. The van der Waals surface area contributed by atoms with Crippen molar-refractivity contribution in [1.29, 1.82) is 0 Å². The summed E-state index contributed by atoms with van der Waals surface area (Å²) in [5.41, 5.74) is 2.67. The summed E-state index contributed by atoms with van der Waals surface area (Å²) in [6, 6.07) is 5.95. The van der Waals surface area contributed by atoms with Gasteiger partial charge in [-0.1, -0.05) is 29.6 Å². The summed E-state index contributed by atoms with van der Waals surface area (Å²) in [5.74, 6) is 0.684. The molecule has 1 spiro atoms. The molecule has 8 heteroatoms. The minimum Gasteiger partial charge on any atom is -0.454 e. The maximum absolute atomic E-state index is 11.5. The van der Waals surface area contributed by atoms with Crippen LogP contribution in [0.2, 0.25) is 10.0 Å². The highest BCUT2D eigenvalue weighted by atomic mass is 35.5. The Bertz CT molecular complexity index is 1010. The van der Waals surface area contributed by atoms with E-state index in [-0.39, 0.29) is 26.9 Å². The maximum atomic E-state index is 11.5. The van der Waals surface area contributed by atoms with Crippen LogP contribution in [0.5, 0.6) is 11.5 Å². The van der Waals surface area contributed by atoms with Crippen LogP contribution in [0.15, 0.2) is 29.3 Å². The van der Waals surface area contributed by atoms with Crippen molar-refractivity contribution in [1.82, 2.24) is 0 Å². The summed E-state index contributed by atoms with van der Waals surface area (Å²) in [4.78, 5) is 26.3. The van der Waals surface area contributed by atoms with Gasteiger partial charge in [0.2, 0.25) is 0 Å². The Morgan fingerprint density at radius 2 is 1.93 bits per heavy atom. The zero-order chi connectivity index (χ0) is 19.3. The summed E-state index contributed by atoms with van der Waals surface area (Å²) in [6.45, 7) is 1.91. The van der Waals surface area contributed by atoms with Crippen molar-refractivity contribution in [2.24, 2.45) is 4.99 Å². The molecule has 0 radical (unpaired) electrons. The first kappa shape index (κ1) is 17.9. The number of nitrogens with zero attached hydrogens (tertiary/aromatic N) is 2. The molecule has 1 fully saturated rings. The van der Waals surface area contributed by atoms with E-state index in [1.807, 2.05) is 6.92 Å². The van der Waals surface area contributed by atoms with E-state index in [2.05, 4.69) is 4.99 Å². The van der Waals surface area contributed by atoms with Crippen LogP contribution in [0.1, 0.15) is 30.4 Å². The molecule has 0 atom stereocenters. The molecular weight excluding hydrogens is 391 g/mol. The molecule has 2 aromatic carbocycles. The summed E-state index contributed by atoms with van der Waals surface area (Å²) in [5, 5.41) is 11.0. The Labute approximate surface area is 164 Å². The van der Waals surface area contributed by atoms with Gasteiger partial charge in [0, 0.05) is 17.5 Å². The molecule has 2 aliphatic rings. The molecule has 27 heavy (non-hydrogen) atoms. The largest absolute Gasteiger partial charge is 0.454 e. The Morgan fingerprint density at radius 3 is 2.44 bits per heavy atom. The summed E-state index contributed by atoms with van der Waals surface area (Å²) in [6.07, 6.45) is 3.63. The third kappa shape index (κ3) is 2.63. The first-order valence-electron chi connectivity index (χ1n) is 8.37. The molecular formula is C19H14Cl2N2O4. The Balaban J connectivity index is 1.76. The average molecular weight is 405 g/mol. The molecule has 1 saturated carbocycles. The van der Waals surface area contributed by atoms with E-state index in [1.54, 1.807) is 12.1 Å². The number of nitro benzene ring substituents is 1. The molecule has 0 aromatic heterocycles. The van der Waals surface area contributed by atoms with Crippen molar-refractivity contribution >= 4 is 46.6 Å². The number of halogens is 2. The normalized spacial score (nSPS) is 16.5. The van der Waals surface area contributed by atoms with Gasteiger partial charge in [0.25, 0.3) is 5.69 Å². The predicted molar refractivity (Wildman–Crippen MR) is 103 cm³/mol. The van der Waals surface area contributed by atoms with Crippen LogP contribution < -0.4 is 4.74 Å². The lowest BCUT2D eigenvalue weighted by Gasteiger charge is -2.39. The van der Waals surface area contributed by atoms with Gasteiger partial charge in [-0.15, -0.1) is 0 Å². The zero-order valence-corrected chi connectivity index (χ0v) is 15.8. The molecule has 2 aromatic rings. The number of aldehydes is 1. The second kappa shape index (κ2) is 6.32. The lowest BCUT2D eigenvalue weighted by Crippen LogP contribution is -2.41. The molecule has 0 bridgehead atoms. The topological polar surface area (TPSA) is 81.8 Å². The minimum absolute atomic E-state index is 0.0530. The van der Waals surface area contributed by atoms with E-state index in [1.165, 1.54) is 12.1 Å². The molecule has 6 nitrogen and oxygen atoms in total. The van der Waals surface area contributed by atoms with Gasteiger partial charge in [-0.3, -0.25) is 14.9 Å². The first-order valence-corrected chi connectivity index (χ1v) is 9.12. The molecule has 1 heterocycles. The third-order valence-corrected chi connectivity index (χ3v) is 5.89. The summed E-state index contributed by atoms with van der Waals surface area (Å²) < 4.78 is 5.94. The van der Waals surface area contributed by atoms with Crippen molar-refractivity contribution in [3.8, 4) is 11.5 Å². The second-order valence-corrected chi connectivity index (χ2v) is 7.55. The third-order valence-electron chi connectivity index (χ3n) is 5.33. The quantitative estimate of drug-likeness (QED) is 0.371. The lowest BCUT2D eigenvalue weighted by molar-refractivity contribution is -0.384. The molecule has 1 aliphatic heterocycles. The first-order chi connectivity index (χ1) is 12.9. The molecule has 0 saturated heterocycles. The number of hydrogen-bond donors (Lipinski definition) is 0. The number of hydrogen-bond acceptors (Lipinski definition) is 5. The fraction of sp³-hybridized carbons (Fsp3) is 0.263. The Morgan fingerprint density at radius 1 is 1.26 bits per heavy atom. The molecule has 138 valence electrons. The monoisotopic (exact) mass is 404 g/mol. The van der Waals surface area contributed by atoms with Crippen molar-refractivity contribution in [3.05, 3.63) is 55.6 Å². The number of nitro groups is 1. The van der Waals surface area contributed by atoms with Crippen LogP contribution in [0, 0.1) is 17.0 Å². The van der Waals surface area contributed by atoms with E-state index in [0.29, 0.717) is 11.5 Å². The van der Waals surface area contributed by atoms with Crippen molar-refractivity contribution in [2.45, 2.75) is 31.6 Å². The van der Waals surface area contributed by atoms with E-state index in [0.717, 1.165) is 42.4 Å². The number of aliphatic imine (C=N–C) groups is 1. The van der Waals surface area contributed by atoms with Crippen LogP contribution >= 0.6 is 23.2 Å². The van der Waals surface area contributed by atoms with Gasteiger partial charge >= 0.3 is 0 Å². The molecule has 0 N–H and O–H groups in total. The van der Waals surface area contributed by atoms with Gasteiger partial charge < -0.3 is 4.74 Å². The molecule has 1 aliphatic carbocycles. The summed E-state index contributed by atoms with van der Waals surface area (Å²) >= 11 is 12.3. The standard InChI is InChI=1S/C19H14Cl2N2O4/c1-10-15(27-18-12(20)7-11(23(25)26)8-13(18)21)4-3-14-17(10)19(5-2-6-19)16(9-24)22-14/h3-4,7-9H,2,5-6H2,1H3. The van der Waals surface area contributed by atoms with Crippen LogP contribution in [-0.2, 0) is 10.2 Å². The number of benzene rings is 2. The number of rotatable bonds is 4. The highest BCUT2D eigenvalue weighted by molar-refractivity contribution is 6.37. The van der Waals surface area contributed by atoms with Crippen LogP contribution in [-0.4, -0.2) is 16.9 Å². The van der Waals surface area contributed by atoms with Gasteiger partial charge in [-0.25, -0.2) is 4.99 Å². The van der Waals surface area contributed by atoms with Crippen LogP contribution in [0.4, 0.5) is 11.4 Å². The maximum Gasteiger partial charge on any atom is 0.272 e. The Hall–Kier alpha value is -2.44.